The maximum Gasteiger partial charge on any atom is 0.490 e. The predicted octanol–water partition coefficient (Wildman–Crippen LogP) is 3.81. The Balaban J connectivity index is 0.000000509. The summed E-state index contributed by atoms with van der Waals surface area (Å²) < 4.78 is 60.6. The number of benzene rings is 1. The standard InChI is InChI=1S/C18H23N5O3S.C2HF3O2/c1-11(2)10-20-17-13-7-8-19-16(13)22-18(23-17)21-14-6-5-12(27(4,24)25)9-15(14)26-3;3-2(4,5)1(6)7/h5-9,11H,10H2,1-4H3,(H3,19,20,21,22,23);(H,6,7). The van der Waals surface area contributed by atoms with E-state index >= 15 is 0 Å². The van der Waals surface area contributed by atoms with Crippen LogP contribution in [-0.2, 0) is 14.6 Å². The highest BCUT2D eigenvalue weighted by atomic mass is 32.2. The lowest BCUT2D eigenvalue weighted by Gasteiger charge is -2.13. The zero-order valence-corrected chi connectivity index (χ0v) is 19.5. The molecule has 0 aliphatic heterocycles. The number of rotatable bonds is 7. The van der Waals surface area contributed by atoms with Crippen molar-refractivity contribution in [2.45, 2.75) is 24.9 Å². The largest absolute Gasteiger partial charge is 0.495 e. The number of nitrogens with one attached hydrogen (secondary N) is 3. The maximum atomic E-state index is 11.7. The Labute approximate surface area is 193 Å². The summed E-state index contributed by atoms with van der Waals surface area (Å²) in [6.45, 7) is 5.02. The van der Waals surface area contributed by atoms with E-state index in [-0.39, 0.29) is 4.90 Å². The van der Waals surface area contributed by atoms with E-state index in [0.29, 0.717) is 29.0 Å². The minimum absolute atomic E-state index is 0.185. The lowest BCUT2D eigenvalue weighted by molar-refractivity contribution is -0.192. The van der Waals surface area contributed by atoms with Crippen LogP contribution in [0.15, 0.2) is 35.4 Å². The van der Waals surface area contributed by atoms with Crippen molar-refractivity contribution in [2.24, 2.45) is 5.92 Å². The molecule has 0 aliphatic rings. The predicted molar refractivity (Wildman–Crippen MR) is 120 cm³/mol. The second kappa shape index (κ2) is 10.6. The van der Waals surface area contributed by atoms with Crippen LogP contribution in [0.3, 0.4) is 0 Å². The minimum atomic E-state index is -5.08. The second-order valence-corrected chi connectivity index (χ2v) is 9.49. The number of hydrogen-bond acceptors (Lipinski definition) is 8. The number of nitrogens with zero attached hydrogens (tertiary/aromatic N) is 2. The van der Waals surface area contributed by atoms with Gasteiger partial charge in [0.1, 0.15) is 17.2 Å². The van der Waals surface area contributed by atoms with Crippen molar-refractivity contribution in [1.82, 2.24) is 15.0 Å². The number of carboxylic acids is 1. The number of halogens is 3. The third-order valence-corrected chi connectivity index (χ3v) is 5.29. The number of hydrogen-bond donors (Lipinski definition) is 4. The molecule has 3 aromatic rings. The fourth-order valence-electron chi connectivity index (χ4n) is 2.56. The van der Waals surface area contributed by atoms with Crippen molar-refractivity contribution >= 4 is 44.3 Å². The summed E-state index contributed by atoms with van der Waals surface area (Å²) in [5.74, 6) is -0.794. The van der Waals surface area contributed by atoms with Gasteiger partial charge in [-0.15, -0.1) is 0 Å². The number of aromatic amines is 1. The average Bonchev–Trinajstić information content (AvgIpc) is 3.20. The van der Waals surface area contributed by atoms with Crippen LogP contribution in [0.4, 0.5) is 30.6 Å². The van der Waals surface area contributed by atoms with Gasteiger partial charge in [-0.05, 0) is 24.1 Å². The van der Waals surface area contributed by atoms with Crippen LogP contribution in [0, 0.1) is 5.92 Å². The number of H-pyrrole nitrogens is 1. The summed E-state index contributed by atoms with van der Waals surface area (Å²) in [5.41, 5.74) is 1.27. The molecule has 0 aliphatic carbocycles. The first-order valence-corrected chi connectivity index (χ1v) is 11.7. The Kier molecular flexibility index (Phi) is 8.31. The topological polar surface area (TPSA) is 146 Å². The minimum Gasteiger partial charge on any atom is -0.495 e. The number of sulfone groups is 1. The Morgan fingerprint density at radius 1 is 1.24 bits per heavy atom. The van der Waals surface area contributed by atoms with E-state index in [0.717, 1.165) is 24.0 Å². The molecule has 0 saturated carbocycles. The molecule has 0 unspecified atom stereocenters. The van der Waals surface area contributed by atoms with Crippen LogP contribution in [-0.4, -0.2) is 60.5 Å². The van der Waals surface area contributed by atoms with E-state index in [4.69, 9.17) is 14.6 Å². The number of alkyl halides is 3. The van der Waals surface area contributed by atoms with Crippen molar-refractivity contribution in [3.8, 4) is 5.75 Å². The van der Waals surface area contributed by atoms with E-state index in [1.54, 1.807) is 6.07 Å². The van der Waals surface area contributed by atoms with Gasteiger partial charge in [0.15, 0.2) is 9.84 Å². The van der Waals surface area contributed by atoms with Crippen LogP contribution < -0.4 is 15.4 Å². The van der Waals surface area contributed by atoms with E-state index in [1.165, 1.54) is 19.2 Å². The van der Waals surface area contributed by atoms with Gasteiger partial charge in [0.05, 0.1) is 23.1 Å². The molecule has 2 aromatic heterocycles. The number of methoxy groups -OCH3 is 1. The Morgan fingerprint density at radius 2 is 1.88 bits per heavy atom. The highest BCUT2D eigenvalue weighted by molar-refractivity contribution is 7.90. The first-order valence-electron chi connectivity index (χ1n) is 9.76. The summed E-state index contributed by atoms with van der Waals surface area (Å²) in [5, 5.41) is 14.5. The number of anilines is 3. The summed E-state index contributed by atoms with van der Waals surface area (Å²) in [6.07, 6.45) is -2.12. The lowest BCUT2D eigenvalue weighted by atomic mass is 10.2. The van der Waals surface area contributed by atoms with Gasteiger partial charge in [-0.25, -0.2) is 13.2 Å². The fourth-order valence-corrected chi connectivity index (χ4v) is 3.19. The fraction of sp³-hybridized carbons (Fsp3) is 0.350. The van der Waals surface area contributed by atoms with Crippen molar-refractivity contribution in [3.05, 3.63) is 30.5 Å². The molecule has 0 saturated heterocycles. The molecule has 3 rings (SSSR count). The molecule has 0 bridgehead atoms. The maximum absolute atomic E-state index is 11.7. The zero-order chi connectivity index (χ0) is 25.7. The number of carboxylic acid groups (broad SMARTS) is 1. The number of aromatic nitrogens is 3. The van der Waals surface area contributed by atoms with E-state index < -0.39 is 22.0 Å². The van der Waals surface area contributed by atoms with Crippen LogP contribution in [0.1, 0.15) is 13.8 Å². The van der Waals surface area contributed by atoms with Crippen molar-refractivity contribution in [1.29, 1.82) is 0 Å². The van der Waals surface area contributed by atoms with E-state index in [9.17, 15) is 21.6 Å². The first-order chi connectivity index (χ1) is 15.7. The molecule has 0 spiro atoms. The highest BCUT2D eigenvalue weighted by Gasteiger charge is 2.38. The third-order valence-electron chi connectivity index (χ3n) is 4.18. The van der Waals surface area contributed by atoms with Crippen molar-refractivity contribution in [3.63, 3.8) is 0 Å². The normalized spacial score (nSPS) is 11.6. The van der Waals surface area contributed by atoms with Crippen molar-refractivity contribution < 1.29 is 36.2 Å². The van der Waals surface area contributed by atoms with E-state index in [2.05, 4.69) is 39.4 Å². The van der Waals surface area contributed by atoms with Crippen LogP contribution in [0.25, 0.3) is 11.0 Å². The van der Waals surface area contributed by atoms with Gasteiger partial charge in [-0.2, -0.15) is 23.1 Å². The van der Waals surface area contributed by atoms with Gasteiger partial charge >= 0.3 is 12.1 Å². The van der Waals surface area contributed by atoms with Crippen molar-refractivity contribution in [2.75, 3.05) is 30.5 Å². The van der Waals surface area contributed by atoms with Gasteiger partial charge < -0.3 is 25.5 Å². The zero-order valence-electron chi connectivity index (χ0n) is 18.7. The number of carbonyl (C=O) groups is 1. The monoisotopic (exact) mass is 503 g/mol. The Bertz CT molecular complexity index is 1260. The molecule has 0 atom stereocenters. The quantitative estimate of drug-likeness (QED) is 0.378. The molecule has 2 heterocycles. The Hall–Kier alpha value is -3.55. The van der Waals surface area contributed by atoms with Crippen LogP contribution in [0.5, 0.6) is 5.75 Å². The van der Waals surface area contributed by atoms with E-state index in [1.807, 2.05) is 12.3 Å². The second-order valence-electron chi connectivity index (χ2n) is 7.47. The van der Waals surface area contributed by atoms with Crippen LogP contribution in [0.2, 0.25) is 0 Å². The average molecular weight is 504 g/mol. The molecule has 34 heavy (non-hydrogen) atoms. The summed E-state index contributed by atoms with van der Waals surface area (Å²) in [4.78, 5) is 21.2. The lowest BCUT2D eigenvalue weighted by Crippen LogP contribution is -2.21. The van der Waals surface area contributed by atoms with Crippen LogP contribution >= 0.6 is 0 Å². The van der Waals surface area contributed by atoms with Gasteiger partial charge in [0, 0.05) is 25.1 Å². The summed E-state index contributed by atoms with van der Waals surface area (Å²) in [6, 6.07) is 6.55. The molecular weight excluding hydrogens is 479 g/mol. The van der Waals surface area contributed by atoms with Gasteiger partial charge in [-0.3, -0.25) is 0 Å². The number of ether oxygens (including phenoxy) is 1. The van der Waals surface area contributed by atoms with Gasteiger partial charge in [0.2, 0.25) is 5.95 Å². The molecule has 186 valence electrons. The molecular formula is C20H24F3N5O5S. The van der Waals surface area contributed by atoms with Gasteiger partial charge in [-0.1, -0.05) is 13.8 Å². The summed E-state index contributed by atoms with van der Waals surface area (Å²) in [7, 11) is -1.84. The molecule has 0 amide bonds. The molecule has 14 heteroatoms. The number of aliphatic carboxylic acids is 1. The molecule has 0 radical (unpaired) electrons. The smallest absolute Gasteiger partial charge is 0.490 e. The molecule has 10 nitrogen and oxygen atoms in total. The molecule has 4 N–H and O–H groups in total. The molecule has 0 fully saturated rings. The molecule has 1 aromatic carbocycles. The SMILES string of the molecule is COc1cc(S(C)(=O)=O)ccc1Nc1nc(NCC(C)C)c2cc[nH]c2n1.O=C(O)C(F)(F)F. The van der Waals surface area contributed by atoms with Gasteiger partial charge in [0.25, 0.3) is 0 Å². The number of fused-ring (bicyclic) bond motifs is 1. The first kappa shape index (κ1) is 26.7. The summed E-state index contributed by atoms with van der Waals surface area (Å²) >= 11 is 0. The Morgan fingerprint density at radius 3 is 2.41 bits per heavy atom. The third kappa shape index (κ3) is 7.23. The highest BCUT2D eigenvalue weighted by Crippen LogP contribution is 2.30.